The van der Waals surface area contributed by atoms with Crippen LogP contribution in [0, 0.1) is 0 Å². The highest BCUT2D eigenvalue weighted by Gasteiger charge is 2.26. The Morgan fingerprint density at radius 2 is 2.14 bits per heavy atom. The summed E-state index contributed by atoms with van der Waals surface area (Å²) >= 11 is 1.66. The van der Waals surface area contributed by atoms with Crippen LogP contribution < -0.4 is 10.6 Å². The molecule has 0 bridgehead atoms. The highest BCUT2D eigenvalue weighted by Crippen LogP contribution is 2.37. The second-order valence-electron chi connectivity index (χ2n) is 4.96. The molecule has 1 atom stereocenters. The number of carbonyl (C=O) groups excluding carboxylic acids is 2. The van der Waals surface area contributed by atoms with Gasteiger partial charge in [0.15, 0.2) is 5.78 Å². The van der Waals surface area contributed by atoms with Gasteiger partial charge in [-0.2, -0.15) is 0 Å². The van der Waals surface area contributed by atoms with E-state index in [1.54, 1.807) is 30.0 Å². The summed E-state index contributed by atoms with van der Waals surface area (Å²) in [6.45, 7) is 0.604. The number of rotatable bonds is 4. The summed E-state index contributed by atoms with van der Waals surface area (Å²) in [5.41, 5.74) is 1.73. The normalized spacial score (nSPS) is 20.2. The molecule has 108 valence electrons. The summed E-state index contributed by atoms with van der Waals surface area (Å²) in [4.78, 5) is 24.3. The fourth-order valence-corrected chi connectivity index (χ4v) is 3.51. The molecule has 1 heterocycles. The Kier molecular flexibility index (Phi) is 4.10. The summed E-state index contributed by atoms with van der Waals surface area (Å²) in [5.74, 6) is 0.103. The molecule has 2 N–H and O–H groups in total. The number of allylic oxidation sites excluding steroid dienone is 2. The van der Waals surface area contributed by atoms with Crippen molar-refractivity contribution in [3.8, 4) is 0 Å². The molecule has 1 saturated heterocycles. The van der Waals surface area contributed by atoms with Crippen molar-refractivity contribution in [3.63, 3.8) is 0 Å². The Labute approximate surface area is 127 Å². The smallest absolute Gasteiger partial charge is 0.251 e. The molecule has 3 rings (SSSR count). The zero-order valence-corrected chi connectivity index (χ0v) is 12.3. The van der Waals surface area contributed by atoms with Gasteiger partial charge in [0, 0.05) is 29.1 Å². The number of benzene rings is 1. The van der Waals surface area contributed by atoms with E-state index in [0.717, 1.165) is 17.0 Å². The molecule has 4 nitrogen and oxygen atoms in total. The summed E-state index contributed by atoms with van der Waals surface area (Å²) in [6.07, 6.45) is 4.93. The van der Waals surface area contributed by atoms with Crippen molar-refractivity contribution in [1.29, 1.82) is 0 Å². The first-order valence-corrected chi connectivity index (χ1v) is 7.82. The maximum atomic E-state index is 11.9. The van der Waals surface area contributed by atoms with Crippen LogP contribution in [0.1, 0.15) is 23.2 Å². The van der Waals surface area contributed by atoms with Crippen molar-refractivity contribution in [3.05, 3.63) is 58.6 Å². The molecule has 5 heteroatoms. The molecule has 21 heavy (non-hydrogen) atoms. The topological polar surface area (TPSA) is 58.2 Å². The van der Waals surface area contributed by atoms with Gasteiger partial charge in [0.05, 0.1) is 5.37 Å². The second kappa shape index (κ2) is 6.18. The predicted molar refractivity (Wildman–Crippen MR) is 83.7 cm³/mol. The summed E-state index contributed by atoms with van der Waals surface area (Å²) < 4.78 is 0. The lowest BCUT2D eigenvalue weighted by atomic mass is 10.1. The van der Waals surface area contributed by atoms with Gasteiger partial charge < -0.3 is 10.6 Å². The number of hydrogen-bond donors (Lipinski definition) is 2. The largest absolute Gasteiger partial charge is 0.372 e. The van der Waals surface area contributed by atoms with Gasteiger partial charge in [-0.15, -0.1) is 0 Å². The first kappa shape index (κ1) is 13.9. The van der Waals surface area contributed by atoms with E-state index in [1.165, 1.54) is 0 Å². The Bertz CT molecular complexity index is 622. The Morgan fingerprint density at radius 3 is 2.95 bits per heavy atom. The lowest BCUT2D eigenvalue weighted by Crippen LogP contribution is -2.29. The average Bonchev–Trinajstić information content (AvgIpc) is 2.89. The van der Waals surface area contributed by atoms with Crippen LogP contribution >= 0.6 is 11.8 Å². The number of carbonyl (C=O) groups is 2. The fraction of sp³-hybridized carbons (Fsp3) is 0.250. The fourth-order valence-electron chi connectivity index (χ4n) is 2.31. The lowest BCUT2D eigenvalue weighted by Gasteiger charge is -2.10. The standard InChI is InChI=1S/C16H16N2O2S/c19-12-6-7-13-14(10-12)21-15(18-13)8-9-17-16(20)11-4-2-1-3-5-11/h1-5,7,10,15,18H,6,8-9H2,(H,17,20). The van der Waals surface area contributed by atoms with Gasteiger partial charge in [-0.05, 0) is 24.6 Å². The monoisotopic (exact) mass is 300 g/mol. The average molecular weight is 300 g/mol. The molecule has 1 unspecified atom stereocenters. The van der Waals surface area contributed by atoms with Gasteiger partial charge in [-0.3, -0.25) is 9.59 Å². The third-order valence-electron chi connectivity index (χ3n) is 3.38. The van der Waals surface area contributed by atoms with Crippen molar-refractivity contribution in [2.24, 2.45) is 0 Å². The van der Waals surface area contributed by atoms with E-state index in [-0.39, 0.29) is 17.1 Å². The van der Waals surface area contributed by atoms with Gasteiger partial charge in [0.2, 0.25) is 0 Å². The minimum atomic E-state index is -0.0513. The van der Waals surface area contributed by atoms with Crippen molar-refractivity contribution in [1.82, 2.24) is 10.6 Å². The van der Waals surface area contributed by atoms with Crippen LogP contribution in [0.5, 0.6) is 0 Å². The number of thioether (sulfide) groups is 1. The SMILES string of the molecule is O=C1C=C2SC(CCNC(=O)c3ccccc3)NC2=CC1. The molecule has 1 aromatic rings. The van der Waals surface area contributed by atoms with Crippen LogP contribution in [0.3, 0.4) is 0 Å². The molecule has 1 fully saturated rings. The Balaban J connectivity index is 1.48. The van der Waals surface area contributed by atoms with E-state index >= 15 is 0 Å². The third kappa shape index (κ3) is 3.36. The third-order valence-corrected chi connectivity index (χ3v) is 4.61. The van der Waals surface area contributed by atoms with Gasteiger partial charge in [0.25, 0.3) is 5.91 Å². The molecule has 1 amide bonds. The number of hydrogen-bond acceptors (Lipinski definition) is 4. The molecule has 1 aromatic carbocycles. The van der Waals surface area contributed by atoms with Gasteiger partial charge in [-0.1, -0.05) is 36.0 Å². The van der Waals surface area contributed by atoms with E-state index in [9.17, 15) is 9.59 Å². The molecule has 0 radical (unpaired) electrons. The lowest BCUT2D eigenvalue weighted by molar-refractivity contribution is -0.113. The van der Waals surface area contributed by atoms with E-state index in [2.05, 4.69) is 10.6 Å². The predicted octanol–water partition coefficient (Wildman–Crippen LogP) is 2.21. The molecule has 1 aliphatic heterocycles. The maximum Gasteiger partial charge on any atom is 0.251 e. The van der Waals surface area contributed by atoms with Crippen LogP contribution in [-0.4, -0.2) is 23.6 Å². The molecule has 0 saturated carbocycles. The molecule has 0 aromatic heterocycles. The van der Waals surface area contributed by atoms with Crippen molar-refractivity contribution in [2.75, 3.05) is 6.54 Å². The number of ketones is 1. The van der Waals surface area contributed by atoms with Crippen LogP contribution in [0.2, 0.25) is 0 Å². The summed E-state index contributed by atoms with van der Waals surface area (Å²) in [6, 6.07) is 9.19. The second-order valence-corrected chi connectivity index (χ2v) is 6.20. The van der Waals surface area contributed by atoms with E-state index in [4.69, 9.17) is 0 Å². The number of amides is 1. The molecular formula is C16H16N2O2S. The van der Waals surface area contributed by atoms with Gasteiger partial charge >= 0.3 is 0 Å². The van der Waals surface area contributed by atoms with Crippen LogP contribution in [0.15, 0.2) is 53.1 Å². The summed E-state index contributed by atoms with van der Waals surface area (Å²) in [5, 5.41) is 6.51. The summed E-state index contributed by atoms with van der Waals surface area (Å²) in [7, 11) is 0. The molecule has 1 aliphatic carbocycles. The van der Waals surface area contributed by atoms with Crippen LogP contribution in [0.25, 0.3) is 0 Å². The van der Waals surface area contributed by atoms with Gasteiger partial charge in [-0.25, -0.2) is 0 Å². The van der Waals surface area contributed by atoms with E-state index in [0.29, 0.717) is 18.5 Å². The molecular weight excluding hydrogens is 284 g/mol. The zero-order valence-electron chi connectivity index (χ0n) is 11.5. The first-order valence-electron chi connectivity index (χ1n) is 6.94. The minimum Gasteiger partial charge on any atom is -0.372 e. The van der Waals surface area contributed by atoms with Crippen molar-refractivity contribution >= 4 is 23.5 Å². The van der Waals surface area contributed by atoms with Gasteiger partial charge in [0.1, 0.15) is 0 Å². The van der Waals surface area contributed by atoms with Crippen LogP contribution in [0.4, 0.5) is 0 Å². The maximum absolute atomic E-state index is 11.9. The number of nitrogens with one attached hydrogen (secondary N) is 2. The Hall–Kier alpha value is -2.01. The number of fused-ring (bicyclic) bond motifs is 1. The van der Waals surface area contributed by atoms with E-state index < -0.39 is 0 Å². The molecule has 0 spiro atoms. The Morgan fingerprint density at radius 1 is 1.33 bits per heavy atom. The highest BCUT2D eigenvalue weighted by molar-refractivity contribution is 8.04. The minimum absolute atomic E-state index is 0.0513. The van der Waals surface area contributed by atoms with Crippen molar-refractivity contribution in [2.45, 2.75) is 18.2 Å². The van der Waals surface area contributed by atoms with Crippen molar-refractivity contribution < 1.29 is 9.59 Å². The highest BCUT2D eigenvalue weighted by atomic mass is 32.2. The quantitative estimate of drug-likeness (QED) is 0.895. The molecule has 2 aliphatic rings. The van der Waals surface area contributed by atoms with E-state index in [1.807, 2.05) is 24.3 Å². The first-order chi connectivity index (χ1) is 10.2. The van der Waals surface area contributed by atoms with Crippen LogP contribution in [-0.2, 0) is 4.79 Å². The zero-order chi connectivity index (χ0) is 14.7.